The van der Waals surface area contributed by atoms with Crippen molar-refractivity contribution in [1.29, 1.82) is 0 Å². The number of nitrogens with one attached hydrogen (secondary N) is 1. The van der Waals surface area contributed by atoms with Gasteiger partial charge in [-0.05, 0) is 55.1 Å². The number of nitrogens with zero attached hydrogens (tertiary/aromatic N) is 3. The van der Waals surface area contributed by atoms with Crippen molar-refractivity contribution in [2.24, 2.45) is 0 Å². The van der Waals surface area contributed by atoms with Gasteiger partial charge in [0.2, 0.25) is 0 Å². The average molecular weight is 394 g/mol. The van der Waals surface area contributed by atoms with Crippen molar-refractivity contribution in [1.82, 2.24) is 15.0 Å². The average Bonchev–Trinajstić information content (AvgIpc) is 3.18. The molecule has 0 aliphatic carbocycles. The molecule has 1 fully saturated rings. The van der Waals surface area contributed by atoms with E-state index in [0.29, 0.717) is 30.8 Å². The van der Waals surface area contributed by atoms with Crippen molar-refractivity contribution in [3.63, 3.8) is 0 Å². The van der Waals surface area contributed by atoms with Crippen LogP contribution in [0.4, 0.5) is 10.4 Å². The van der Waals surface area contributed by atoms with E-state index in [0.717, 1.165) is 12.1 Å². The molecule has 3 aromatic rings. The molecule has 0 spiro atoms. The van der Waals surface area contributed by atoms with Crippen molar-refractivity contribution in [3.8, 4) is 0 Å². The Labute approximate surface area is 170 Å². The van der Waals surface area contributed by atoms with Crippen LogP contribution in [-0.4, -0.2) is 27.6 Å². The van der Waals surface area contributed by atoms with Crippen LogP contribution in [0.25, 0.3) is 0 Å². The first kappa shape index (κ1) is 19.6. The van der Waals surface area contributed by atoms with Crippen molar-refractivity contribution in [3.05, 3.63) is 76.9 Å². The van der Waals surface area contributed by atoms with Gasteiger partial charge in [-0.3, -0.25) is 4.90 Å². The number of anilines is 1. The minimum atomic E-state index is -0.248. The molecule has 6 heteroatoms. The standard InChI is InChI=1S/C23H27FN4O/c1-17-6-4-5-13-28(17)16-20-8-3-2-7-19(20)15-25-23-26-22(27-29-23)14-18-9-11-21(24)12-10-18/h2-3,7-12,17H,4-6,13-16H2,1H3,(H,25,26,27). The lowest BCUT2D eigenvalue weighted by molar-refractivity contribution is 0.152. The minimum Gasteiger partial charge on any atom is -0.334 e. The van der Waals surface area contributed by atoms with E-state index in [-0.39, 0.29) is 5.82 Å². The van der Waals surface area contributed by atoms with E-state index in [2.05, 4.69) is 51.5 Å². The van der Waals surface area contributed by atoms with E-state index in [1.54, 1.807) is 12.1 Å². The van der Waals surface area contributed by atoms with Gasteiger partial charge in [-0.1, -0.05) is 48.0 Å². The van der Waals surface area contributed by atoms with Crippen LogP contribution in [0.3, 0.4) is 0 Å². The number of likely N-dealkylation sites (tertiary alicyclic amines) is 1. The van der Waals surface area contributed by atoms with Crippen LogP contribution in [0, 0.1) is 5.82 Å². The van der Waals surface area contributed by atoms with Gasteiger partial charge < -0.3 is 9.84 Å². The minimum absolute atomic E-state index is 0.248. The van der Waals surface area contributed by atoms with Crippen molar-refractivity contribution in [2.45, 2.75) is 51.7 Å². The predicted octanol–water partition coefficient (Wildman–Crippen LogP) is 4.79. The van der Waals surface area contributed by atoms with Crippen molar-refractivity contribution < 1.29 is 8.91 Å². The summed E-state index contributed by atoms with van der Waals surface area (Å²) in [6.45, 7) is 5.09. The Morgan fingerprint density at radius 1 is 1.10 bits per heavy atom. The molecular formula is C23H27FN4O. The third-order valence-electron chi connectivity index (χ3n) is 5.61. The second-order valence-corrected chi connectivity index (χ2v) is 7.76. The molecule has 2 heterocycles. The van der Waals surface area contributed by atoms with Crippen LogP contribution >= 0.6 is 0 Å². The summed E-state index contributed by atoms with van der Waals surface area (Å²) in [6.07, 6.45) is 4.40. The zero-order valence-corrected chi connectivity index (χ0v) is 16.8. The number of aromatic nitrogens is 2. The lowest BCUT2D eigenvalue weighted by Gasteiger charge is -2.33. The van der Waals surface area contributed by atoms with Gasteiger partial charge in [0.25, 0.3) is 0 Å². The Balaban J connectivity index is 1.37. The van der Waals surface area contributed by atoms with Gasteiger partial charge in [-0.25, -0.2) is 4.39 Å². The predicted molar refractivity (Wildman–Crippen MR) is 111 cm³/mol. The fourth-order valence-electron chi connectivity index (χ4n) is 3.85. The maximum absolute atomic E-state index is 13.0. The molecule has 1 aliphatic heterocycles. The largest absolute Gasteiger partial charge is 0.334 e. The lowest BCUT2D eigenvalue weighted by atomic mass is 10.0. The molecule has 4 rings (SSSR count). The van der Waals surface area contributed by atoms with Crippen LogP contribution < -0.4 is 5.32 Å². The van der Waals surface area contributed by atoms with Crippen molar-refractivity contribution in [2.75, 3.05) is 11.9 Å². The molecule has 2 aromatic carbocycles. The molecular weight excluding hydrogens is 367 g/mol. The van der Waals surface area contributed by atoms with Crippen LogP contribution in [-0.2, 0) is 19.5 Å². The summed E-state index contributed by atoms with van der Waals surface area (Å²) in [7, 11) is 0. The maximum atomic E-state index is 13.0. The smallest absolute Gasteiger partial charge is 0.321 e. The van der Waals surface area contributed by atoms with E-state index in [9.17, 15) is 4.39 Å². The molecule has 1 N–H and O–H groups in total. The third kappa shape index (κ3) is 5.21. The van der Waals surface area contributed by atoms with E-state index in [1.165, 1.54) is 49.1 Å². The molecule has 1 aromatic heterocycles. The Morgan fingerprint density at radius 2 is 1.90 bits per heavy atom. The Morgan fingerprint density at radius 3 is 2.69 bits per heavy atom. The van der Waals surface area contributed by atoms with Crippen LogP contribution in [0.15, 0.2) is 53.1 Å². The van der Waals surface area contributed by atoms with Gasteiger partial charge in [-0.15, -0.1) is 0 Å². The number of piperidine rings is 1. The molecule has 152 valence electrons. The summed E-state index contributed by atoms with van der Waals surface area (Å²) < 4.78 is 18.4. The fourth-order valence-corrected chi connectivity index (χ4v) is 3.85. The summed E-state index contributed by atoms with van der Waals surface area (Å²) in [5, 5.41) is 7.27. The number of rotatable bonds is 7. The highest BCUT2D eigenvalue weighted by molar-refractivity contribution is 5.31. The molecule has 29 heavy (non-hydrogen) atoms. The van der Waals surface area contributed by atoms with E-state index in [1.807, 2.05) is 0 Å². The Hall–Kier alpha value is -2.73. The lowest BCUT2D eigenvalue weighted by Crippen LogP contribution is -2.37. The number of hydrogen-bond donors (Lipinski definition) is 1. The summed E-state index contributed by atoms with van der Waals surface area (Å²) in [4.78, 5) is 6.97. The first-order valence-corrected chi connectivity index (χ1v) is 10.3. The Kier molecular flexibility index (Phi) is 6.20. The van der Waals surface area contributed by atoms with E-state index >= 15 is 0 Å². The van der Waals surface area contributed by atoms with Crippen molar-refractivity contribution >= 4 is 6.01 Å². The topological polar surface area (TPSA) is 54.2 Å². The summed E-state index contributed by atoms with van der Waals surface area (Å²) in [5.74, 6) is 0.330. The zero-order valence-electron chi connectivity index (χ0n) is 16.8. The molecule has 0 bridgehead atoms. The molecule has 0 saturated carbocycles. The van der Waals surface area contributed by atoms with Gasteiger partial charge in [0.05, 0.1) is 0 Å². The normalized spacial score (nSPS) is 17.4. The molecule has 5 nitrogen and oxygen atoms in total. The molecule has 0 amide bonds. The molecule has 1 atom stereocenters. The number of hydrogen-bond acceptors (Lipinski definition) is 5. The quantitative estimate of drug-likeness (QED) is 0.625. The SMILES string of the molecule is CC1CCCCN1Cc1ccccc1CNc1nc(Cc2ccc(F)cc2)no1. The molecule has 1 saturated heterocycles. The van der Waals surface area contributed by atoms with Gasteiger partial charge in [0.1, 0.15) is 5.82 Å². The highest BCUT2D eigenvalue weighted by atomic mass is 19.1. The Bertz CT molecular complexity index is 925. The van der Waals surface area contributed by atoms with E-state index in [4.69, 9.17) is 4.52 Å². The first-order valence-electron chi connectivity index (χ1n) is 10.3. The second kappa shape index (κ2) is 9.18. The van der Waals surface area contributed by atoms with Crippen LogP contribution in [0.1, 0.15) is 48.7 Å². The van der Waals surface area contributed by atoms with Gasteiger partial charge >= 0.3 is 6.01 Å². The molecule has 1 unspecified atom stereocenters. The molecule has 0 radical (unpaired) electrons. The van der Waals surface area contributed by atoms with Gasteiger partial charge in [0, 0.05) is 25.6 Å². The van der Waals surface area contributed by atoms with Crippen LogP contribution in [0.2, 0.25) is 0 Å². The number of halogens is 1. The fraction of sp³-hybridized carbons (Fsp3) is 0.391. The summed E-state index contributed by atoms with van der Waals surface area (Å²) in [5.41, 5.74) is 3.52. The zero-order chi connectivity index (χ0) is 20.1. The van der Waals surface area contributed by atoms with E-state index < -0.39 is 0 Å². The first-order chi connectivity index (χ1) is 14.2. The monoisotopic (exact) mass is 394 g/mol. The highest BCUT2D eigenvalue weighted by Crippen LogP contribution is 2.21. The number of benzene rings is 2. The van der Waals surface area contributed by atoms with Gasteiger partial charge in [-0.2, -0.15) is 4.98 Å². The third-order valence-corrected chi connectivity index (χ3v) is 5.61. The summed E-state index contributed by atoms with van der Waals surface area (Å²) in [6, 6.07) is 15.9. The van der Waals surface area contributed by atoms with Crippen LogP contribution in [0.5, 0.6) is 0 Å². The second-order valence-electron chi connectivity index (χ2n) is 7.76. The molecule has 1 aliphatic rings. The summed E-state index contributed by atoms with van der Waals surface area (Å²) >= 11 is 0. The maximum Gasteiger partial charge on any atom is 0.321 e. The highest BCUT2D eigenvalue weighted by Gasteiger charge is 2.19. The van der Waals surface area contributed by atoms with Gasteiger partial charge in [0.15, 0.2) is 5.82 Å².